The first-order valence-electron chi connectivity index (χ1n) is 13.9. The van der Waals surface area contributed by atoms with Crippen LogP contribution < -0.4 is 14.5 Å². The second-order valence-corrected chi connectivity index (χ2v) is 10.7. The third kappa shape index (κ3) is 4.27. The smallest absolute Gasteiger partial charge is 0.335 e. The fraction of sp³-hybridized carbons (Fsp3) is 0.118. The monoisotopic (exact) mass is 585 g/mol. The van der Waals surface area contributed by atoms with Crippen LogP contribution >= 0.6 is 0 Å². The van der Waals surface area contributed by atoms with Crippen molar-refractivity contribution in [3.05, 3.63) is 136 Å². The Morgan fingerprint density at radius 3 is 2.20 bits per heavy atom. The molecular formula is C34H23N3O7. The van der Waals surface area contributed by atoms with Gasteiger partial charge in [-0.3, -0.25) is 24.5 Å². The third-order valence-corrected chi connectivity index (χ3v) is 8.33. The van der Waals surface area contributed by atoms with Crippen LogP contribution in [0.3, 0.4) is 0 Å². The second-order valence-electron chi connectivity index (χ2n) is 10.7. The first kappa shape index (κ1) is 27.0. The van der Waals surface area contributed by atoms with Crippen LogP contribution in [0, 0.1) is 22.0 Å². The van der Waals surface area contributed by atoms with Crippen LogP contribution in [0.15, 0.2) is 109 Å². The van der Waals surface area contributed by atoms with Gasteiger partial charge in [-0.1, -0.05) is 66.7 Å². The van der Waals surface area contributed by atoms with Crippen LogP contribution in [0.25, 0.3) is 6.08 Å². The minimum Gasteiger partial charge on any atom is -0.425 e. The predicted octanol–water partition coefficient (Wildman–Crippen LogP) is 4.82. The van der Waals surface area contributed by atoms with E-state index in [9.17, 15) is 29.3 Å². The molecule has 4 aromatic rings. The van der Waals surface area contributed by atoms with Gasteiger partial charge in [-0.05, 0) is 42.0 Å². The lowest BCUT2D eigenvalue weighted by Gasteiger charge is -2.36. The maximum absolute atomic E-state index is 14.0. The number of hydrogen-bond donors (Lipinski definition) is 0. The minimum absolute atomic E-state index is 0.0705. The number of nitrogens with zero attached hydrogens (tertiary/aromatic N) is 3. The van der Waals surface area contributed by atoms with Gasteiger partial charge in [0.2, 0.25) is 11.8 Å². The summed E-state index contributed by atoms with van der Waals surface area (Å²) in [5.74, 6) is -3.95. The van der Waals surface area contributed by atoms with E-state index >= 15 is 0 Å². The molecule has 7 rings (SSSR count). The van der Waals surface area contributed by atoms with E-state index in [-0.39, 0.29) is 22.9 Å². The third-order valence-electron chi connectivity index (χ3n) is 8.33. The van der Waals surface area contributed by atoms with Crippen molar-refractivity contribution < 1.29 is 28.8 Å². The molecule has 0 unspecified atom stereocenters. The number of benzene rings is 4. The number of fused-ring (bicyclic) bond motifs is 5. The van der Waals surface area contributed by atoms with E-state index in [2.05, 4.69) is 0 Å². The molecular weight excluding hydrogens is 562 g/mol. The summed E-state index contributed by atoms with van der Waals surface area (Å²) in [5, 5.41) is 11.4. The first-order chi connectivity index (χ1) is 21.3. The number of amides is 2. The van der Waals surface area contributed by atoms with E-state index in [1.807, 2.05) is 36.4 Å². The van der Waals surface area contributed by atoms with Crippen LogP contribution in [-0.4, -0.2) is 40.6 Å². The van der Waals surface area contributed by atoms with Gasteiger partial charge in [-0.2, -0.15) is 0 Å². The Hall–Kier alpha value is -5.90. The number of imide groups is 1. The molecule has 216 valence electrons. The number of non-ortho nitro benzene ring substituents is 1. The molecule has 0 aromatic heterocycles. The van der Waals surface area contributed by atoms with Gasteiger partial charge in [0.25, 0.3) is 5.69 Å². The highest BCUT2D eigenvalue weighted by Gasteiger charge is 2.65. The average Bonchev–Trinajstić information content (AvgIpc) is 3.53. The number of ketones is 1. The zero-order valence-corrected chi connectivity index (χ0v) is 23.0. The van der Waals surface area contributed by atoms with Crippen molar-refractivity contribution in [2.24, 2.45) is 11.8 Å². The Balaban J connectivity index is 1.23. The second kappa shape index (κ2) is 10.4. The largest absolute Gasteiger partial charge is 0.425 e. The normalized spacial score (nSPS) is 21.5. The van der Waals surface area contributed by atoms with Crippen molar-refractivity contribution in [3.63, 3.8) is 0 Å². The van der Waals surface area contributed by atoms with Crippen molar-refractivity contribution in [3.8, 4) is 5.75 Å². The maximum atomic E-state index is 14.0. The zero-order valence-electron chi connectivity index (χ0n) is 23.0. The van der Waals surface area contributed by atoms with Gasteiger partial charge in [0.15, 0.2) is 5.78 Å². The number of carbonyl (C=O) groups excluding carboxylic acids is 4. The van der Waals surface area contributed by atoms with Gasteiger partial charge in [-0.25, -0.2) is 9.69 Å². The summed E-state index contributed by atoms with van der Waals surface area (Å²) in [7, 11) is 0. The highest BCUT2D eigenvalue weighted by atomic mass is 16.6. The Bertz CT molecular complexity index is 1890. The number of anilines is 2. The lowest BCUT2D eigenvalue weighted by Crippen LogP contribution is -2.50. The molecule has 2 fully saturated rings. The Labute approximate surface area is 250 Å². The van der Waals surface area contributed by atoms with E-state index in [0.717, 1.165) is 10.5 Å². The van der Waals surface area contributed by atoms with Gasteiger partial charge in [0.1, 0.15) is 11.8 Å². The molecule has 4 atom stereocenters. The summed E-state index contributed by atoms with van der Waals surface area (Å²) in [6.45, 7) is 0. The fourth-order valence-electron chi connectivity index (χ4n) is 6.39. The highest BCUT2D eigenvalue weighted by Crippen LogP contribution is 2.49. The summed E-state index contributed by atoms with van der Waals surface area (Å²) >= 11 is 0. The van der Waals surface area contributed by atoms with Gasteiger partial charge < -0.3 is 9.64 Å². The summed E-state index contributed by atoms with van der Waals surface area (Å²) in [4.78, 5) is 68.2. The van der Waals surface area contributed by atoms with Gasteiger partial charge in [0, 0.05) is 28.9 Å². The molecule has 0 aliphatic carbocycles. The quantitative estimate of drug-likeness (QED) is 0.0787. The predicted molar refractivity (Wildman–Crippen MR) is 160 cm³/mol. The molecule has 0 spiro atoms. The Morgan fingerprint density at radius 2 is 1.45 bits per heavy atom. The number of nitro benzene ring substituents is 1. The Morgan fingerprint density at radius 1 is 0.773 bits per heavy atom. The first-order valence-corrected chi connectivity index (χ1v) is 13.9. The van der Waals surface area contributed by atoms with E-state index in [1.165, 1.54) is 36.4 Å². The number of ether oxygens (including phenoxy) is 1. The number of para-hydroxylation sites is 1. The zero-order chi connectivity index (χ0) is 30.5. The number of carbonyl (C=O) groups is 4. The molecule has 3 aliphatic heterocycles. The molecule has 0 N–H and O–H groups in total. The number of rotatable bonds is 6. The van der Waals surface area contributed by atoms with Crippen LogP contribution in [0.4, 0.5) is 17.1 Å². The summed E-state index contributed by atoms with van der Waals surface area (Å²) < 4.78 is 5.80. The van der Waals surface area contributed by atoms with Crippen molar-refractivity contribution in [1.29, 1.82) is 0 Å². The van der Waals surface area contributed by atoms with Crippen molar-refractivity contribution in [2.75, 3.05) is 9.80 Å². The maximum Gasteiger partial charge on any atom is 0.335 e. The van der Waals surface area contributed by atoms with Crippen LogP contribution in [0.2, 0.25) is 0 Å². The van der Waals surface area contributed by atoms with Gasteiger partial charge in [-0.15, -0.1) is 0 Å². The highest BCUT2D eigenvalue weighted by molar-refractivity contribution is 6.24. The number of hydrogen-bond acceptors (Lipinski definition) is 8. The summed E-state index contributed by atoms with van der Waals surface area (Å²) in [6, 6.07) is 25.8. The molecule has 2 amide bonds. The lowest BCUT2D eigenvalue weighted by molar-refractivity contribution is -0.384. The van der Waals surface area contributed by atoms with Crippen molar-refractivity contribution in [1.82, 2.24) is 0 Å². The molecule has 3 heterocycles. The number of nitro groups is 1. The molecule has 0 saturated carbocycles. The van der Waals surface area contributed by atoms with Crippen molar-refractivity contribution in [2.45, 2.75) is 12.1 Å². The van der Waals surface area contributed by atoms with Crippen LogP contribution in [-0.2, 0) is 14.4 Å². The van der Waals surface area contributed by atoms with Crippen molar-refractivity contribution >= 4 is 46.7 Å². The van der Waals surface area contributed by atoms with Crippen LogP contribution in [0.5, 0.6) is 5.75 Å². The molecule has 3 aliphatic rings. The van der Waals surface area contributed by atoms with E-state index in [4.69, 9.17) is 4.74 Å². The fourth-order valence-corrected chi connectivity index (χ4v) is 6.39. The SMILES string of the molecule is O=C(c1ccccc1)c1ccc(OC(=O)[C@@H]2[C@H]3C(=O)N(c4cccc([N+](=O)[O-])c4)C(=O)[C@@H]3[C@H]3C=Cc4ccccc4N32)cc1. The van der Waals surface area contributed by atoms with Crippen LogP contribution in [0.1, 0.15) is 21.5 Å². The molecule has 10 nitrogen and oxygen atoms in total. The van der Waals surface area contributed by atoms with E-state index < -0.39 is 46.6 Å². The lowest BCUT2D eigenvalue weighted by atomic mass is 9.89. The standard InChI is InChI=1S/C34H23N3O7/c38-31(21-8-2-1-3-9-21)22-13-16-25(17-14-22)44-34(41)30-29-28(27-18-15-20-7-4-5-12-26(20)36(27)30)32(39)35(33(29)40)23-10-6-11-24(19-23)37(42)43/h1-19,27-30H/t27-,28-,29+,30+/m1/s1. The minimum atomic E-state index is -1.16. The summed E-state index contributed by atoms with van der Waals surface area (Å²) in [6.07, 6.45) is 3.66. The average molecular weight is 586 g/mol. The van der Waals surface area contributed by atoms with Gasteiger partial charge in [0.05, 0.1) is 28.5 Å². The number of esters is 1. The summed E-state index contributed by atoms with van der Waals surface area (Å²) in [5.41, 5.74) is 2.24. The molecule has 2 saturated heterocycles. The molecule has 4 aromatic carbocycles. The topological polar surface area (TPSA) is 127 Å². The van der Waals surface area contributed by atoms with E-state index in [1.54, 1.807) is 47.4 Å². The molecule has 0 radical (unpaired) electrons. The molecule has 44 heavy (non-hydrogen) atoms. The molecule has 0 bridgehead atoms. The van der Waals surface area contributed by atoms with E-state index in [0.29, 0.717) is 16.8 Å². The molecule has 10 heteroatoms. The Kier molecular flexibility index (Phi) is 6.39. The van der Waals surface area contributed by atoms with Gasteiger partial charge >= 0.3 is 5.97 Å².